The van der Waals surface area contributed by atoms with Crippen molar-refractivity contribution in [1.82, 2.24) is 0 Å². The summed E-state index contributed by atoms with van der Waals surface area (Å²) >= 11 is 2.10. The van der Waals surface area contributed by atoms with Gasteiger partial charge in [-0.3, -0.25) is 4.90 Å². The van der Waals surface area contributed by atoms with Crippen molar-refractivity contribution in [1.29, 1.82) is 0 Å². The second-order valence-corrected chi connectivity index (χ2v) is 19.5. The maximum absolute atomic E-state index is 5.64. The van der Waals surface area contributed by atoms with Gasteiger partial charge in [0.05, 0.1) is 28.3 Å². The molecular formula is C55H50N4S+2. The highest BCUT2D eigenvalue weighted by Gasteiger charge is 2.62. The lowest BCUT2D eigenvalue weighted by Gasteiger charge is -2.43. The number of rotatable bonds is 5. The van der Waals surface area contributed by atoms with Crippen LogP contribution in [-0.4, -0.2) is 34.5 Å². The van der Waals surface area contributed by atoms with Gasteiger partial charge in [0, 0.05) is 37.8 Å². The summed E-state index contributed by atoms with van der Waals surface area (Å²) < 4.78 is 0. The molecule has 12 rings (SSSR count). The standard InChI is InChI=1S/C55H48N4S/c1-35-18-16-19-36(34-35)50-56-51(42-26-17-33-54(3)49(42)60-46-29-14-15-32-53(46,54)2)58-52(57-50)59-45-28-13-11-24-39(45)40-30-31-44-47(48(40)59)41-25-10-12-27-43(41)55(44,37-20-6-4-7-21-37)38-22-8-5-9-23-38/h4-33,35,46-49,52H,34H2,1-3H3,(H,56,57,58)/p+2. The summed E-state index contributed by atoms with van der Waals surface area (Å²) in [5, 5.41) is 3.09. The molecule has 1 fully saturated rings. The third kappa shape index (κ3) is 4.91. The van der Waals surface area contributed by atoms with Crippen molar-refractivity contribution in [2.45, 2.75) is 61.4 Å². The first kappa shape index (κ1) is 36.1. The number of nitrogens with two attached hydrogens (primary N) is 1. The molecule has 0 spiro atoms. The van der Waals surface area contributed by atoms with Gasteiger partial charge in [0.25, 0.3) is 0 Å². The molecule has 4 aromatic carbocycles. The van der Waals surface area contributed by atoms with E-state index >= 15 is 0 Å². The quantitative estimate of drug-likeness (QED) is 0.212. The minimum Gasteiger partial charge on any atom is -0.277 e. The van der Waals surface area contributed by atoms with Crippen LogP contribution < -0.4 is 15.2 Å². The molecular weight excluding hydrogens is 749 g/mol. The van der Waals surface area contributed by atoms with Crippen LogP contribution in [0.5, 0.6) is 0 Å². The molecule has 3 aliphatic heterocycles. The number of thioether (sulfide) groups is 1. The van der Waals surface area contributed by atoms with E-state index in [2.05, 4.69) is 230 Å². The van der Waals surface area contributed by atoms with Gasteiger partial charge < -0.3 is 0 Å². The Bertz CT molecular complexity index is 2740. The number of nitrogens with zero attached hydrogens (tertiary/aromatic N) is 2. The van der Waals surface area contributed by atoms with E-state index in [1.807, 2.05) is 0 Å². The van der Waals surface area contributed by atoms with E-state index in [1.54, 1.807) is 0 Å². The topological polar surface area (TPSA) is 46.2 Å². The summed E-state index contributed by atoms with van der Waals surface area (Å²) in [5.41, 5.74) is 12.9. The van der Waals surface area contributed by atoms with Crippen molar-refractivity contribution in [2.24, 2.45) is 21.7 Å². The highest BCUT2D eigenvalue weighted by atomic mass is 32.2. The predicted octanol–water partition coefficient (Wildman–Crippen LogP) is 8.71. The number of benzene rings is 4. The second kappa shape index (κ2) is 13.4. The molecule has 0 amide bonds. The Balaban J connectivity index is 1.05. The maximum Gasteiger partial charge on any atom is 0.340 e. The molecule has 1 saturated heterocycles. The van der Waals surface area contributed by atoms with Crippen molar-refractivity contribution >= 4 is 34.7 Å². The van der Waals surface area contributed by atoms with Gasteiger partial charge in [-0.2, -0.15) is 4.99 Å². The molecule has 5 heteroatoms. The molecule has 4 nitrogen and oxygen atoms in total. The molecule has 8 atom stereocenters. The van der Waals surface area contributed by atoms with Crippen LogP contribution >= 0.6 is 11.8 Å². The molecule has 3 N–H and O–H groups in total. The molecule has 5 aliphatic carbocycles. The van der Waals surface area contributed by atoms with Gasteiger partial charge in [-0.25, -0.2) is 5.32 Å². The van der Waals surface area contributed by atoms with Gasteiger partial charge in [0.15, 0.2) is 0 Å². The highest BCUT2D eigenvalue weighted by molar-refractivity contribution is 8.01. The molecule has 0 saturated carbocycles. The van der Waals surface area contributed by atoms with Crippen LogP contribution in [0, 0.1) is 16.7 Å². The summed E-state index contributed by atoms with van der Waals surface area (Å²) in [4.78, 5) is 12.6. The van der Waals surface area contributed by atoms with Crippen LogP contribution in [0.2, 0.25) is 0 Å². The fourth-order valence-corrected chi connectivity index (χ4v) is 14.2. The molecule has 0 radical (unpaired) electrons. The fourth-order valence-electron chi connectivity index (χ4n) is 12.2. The molecule has 4 aromatic rings. The number of allylic oxidation sites excluding steroid dienone is 11. The maximum atomic E-state index is 5.64. The van der Waals surface area contributed by atoms with Gasteiger partial charge in [-0.1, -0.05) is 185 Å². The van der Waals surface area contributed by atoms with Crippen molar-refractivity contribution in [3.05, 3.63) is 227 Å². The Kier molecular flexibility index (Phi) is 8.06. The first-order valence-electron chi connectivity index (χ1n) is 21.8. The van der Waals surface area contributed by atoms with E-state index < -0.39 is 5.41 Å². The van der Waals surface area contributed by atoms with Crippen LogP contribution in [0.1, 0.15) is 60.9 Å². The van der Waals surface area contributed by atoms with E-state index in [-0.39, 0.29) is 34.3 Å². The first-order valence-corrected chi connectivity index (χ1v) is 22.7. The van der Waals surface area contributed by atoms with Crippen LogP contribution in [0.3, 0.4) is 0 Å². The zero-order valence-electron chi connectivity index (χ0n) is 34.4. The third-order valence-corrected chi connectivity index (χ3v) is 17.1. The SMILES string of the molecule is CC1C=CC=C(C2=NC(C3=CC=CC4(C)C3SC3C=CC=CC34C)=[NH+]C(N3c4ccccc4C4=CC=C5C(c6ccccc6C5(c5ccccc5)c5ccccc5)C43)[NH2+]2)C1. The Hall–Kier alpha value is -5.75. The van der Waals surface area contributed by atoms with Gasteiger partial charge in [0.1, 0.15) is 0 Å². The summed E-state index contributed by atoms with van der Waals surface area (Å²) in [6.45, 7) is 7.24. The first-order chi connectivity index (χ1) is 29.4. The monoisotopic (exact) mass is 798 g/mol. The van der Waals surface area contributed by atoms with E-state index in [0.717, 1.165) is 18.1 Å². The molecule has 3 heterocycles. The lowest BCUT2D eigenvalue weighted by molar-refractivity contribution is -0.778. The van der Waals surface area contributed by atoms with Gasteiger partial charge in [0.2, 0.25) is 0 Å². The van der Waals surface area contributed by atoms with E-state index in [0.29, 0.717) is 11.2 Å². The fraction of sp³-hybridized carbons (Fsp3) is 0.236. The van der Waals surface area contributed by atoms with Crippen molar-refractivity contribution < 1.29 is 10.3 Å². The van der Waals surface area contributed by atoms with E-state index in [1.165, 1.54) is 55.8 Å². The smallest absolute Gasteiger partial charge is 0.277 e. The molecule has 294 valence electrons. The Labute approximate surface area is 358 Å². The molecule has 0 bridgehead atoms. The normalized spacial score (nSPS) is 32.3. The lowest BCUT2D eigenvalue weighted by atomic mass is 9.59. The minimum absolute atomic E-state index is 0.00477. The molecule has 0 aromatic heterocycles. The molecule has 8 aliphatic rings. The molecule has 8 unspecified atom stereocenters. The highest BCUT2D eigenvalue weighted by Crippen LogP contribution is 2.66. The number of nitrogens with one attached hydrogen (secondary N) is 1. The Morgan fingerprint density at radius 2 is 1.45 bits per heavy atom. The van der Waals surface area contributed by atoms with Crippen LogP contribution in [-0.2, 0) is 5.41 Å². The van der Waals surface area contributed by atoms with E-state index in [9.17, 15) is 0 Å². The molecule has 60 heavy (non-hydrogen) atoms. The Morgan fingerprint density at radius 3 is 2.25 bits per heavy atom. The number of aliphatic imine (C=N–C) groups is 1. The lowest BCUT2D eigenvalue weighted by Crippen LogP contribution is -3.14. The average Bonchev–Trinajstić information content (AvgIpc) is 3.88. The van der Waals surface area contributed by atoms with Crippen molar-refractivity contribution in [3.63, 3.8) is 0 Å². The summed E-state index contributed by atoms with van der Waals surface area (Å²) in [7, 11) is 0. The van der Waals surface area contributed by atoms with Crippen LogP contribution in [0.4, 0.5) is 5.69 Å². The minimum atomic E-state index is -0.436. The van der Waals surface area contributed by atoms with Gasteiger partial charge >= 0.3 is 18.0 Å². The summed E-state index contributed by atoms with van der Waals surface area (Å²) in [6.07, 6.45) is 29.1. The van der Waals surface area contributed by atoms with Crippen molar-refractivity contribution in [3.8, 4) is 0 Å². The number of quaternary nitrogens is 1. The van der Waals surface area contributed by atoms with Gasteiger partial charge in [-0.05, 0) is 64.0 Å². The summed E-state index contributed by atoms with van der Waals surface area (Å²) in [6, 6.07) is 40.9. The van der Waals surface area contributed by atoms with Gasteiger partial charge in [-0.15, -0.1) is 11.8 Å². The third-order valence-electron chi connectivity index (χ3n) is 15.2. The number of hydrogen-bond acceptors (Lipinski definition) is 3. The average molecular weight is 799 g/mol. The Morgan fingerprint density at radius 1 is 0.717 bits per heavy atom. The number of amidine groups is 2. The van der Waals surface area contributed by atoms with E-state index in [4.69, 9.17) is 4.99 Å². The zero-order valence-corrected chi connectivity index (χ0v) is 35.2. The summed E-state index contributed by atoms with van der Waals surface area (Å²) in [5.74, 6) is 2.65. The largest absolute Gasteiger partial charge is 0.340 e. The zero-order chi connectivity index (χ0) is 40.2. The number of fused-ring (bicyclic) bond motifs is 10. The number of hydrogen-bond donors (Lipinski definition) is 2. The number of para-hydroxylation sites is 1. The van der Waals surface area contributed by atoms with Crippen LogP contribution in [0.25, 0.3) is 5.57 Å². The van der Waals surface area contributed by atoms with Crippen molar-refractivity contribution in [2.75, 3.05) is 4.90 Å². The predicted molar refractivity (Wildman–Crippen MR) is 248 cm³/mol. The second-order valence-electron chi connectivity index (χ2n) is 18.2. The van der Waals surface area contributed by atoms with Crippen LogP contribution in [0.15, 0.2) is 204 Å². The number of anilines is 1.